The van der Waals surface area contributed by atoms with E-state index in [0.717, 1.165) is 43.6 Å². The molecule has 7 heteroatoms. The molecule has 3 heterocycles. The van der Waals surface area contributed by atoms with E-state index in [4.69, 9.17) is 0 Å². The number of aromatic nitrogens is 3. The molecule has 2 aliphatic heterocycles. The fourth-order valence-corrected chi connectivity index (χ4v) is 6.54. The standard InChI is InChI=1S/C26H32FN5S/c1-19-15-30(13-12-25(19)31-17-28-29-18-31)23-10-9-22(24(27)14-23)16-32-20(2)8-11-26(33-32)21-6-4-3-5-7-21/h3-7,9-10,14,17-20,25-26H,8,11-13,15-16H2,1-2H3/t19-,20-,25+,26+/m0/s1. The molecule has 5 rings (SSSR count). The molecule has 174 valence electrons. The van der Waals surface area contributed by atoms with Crippen molar-refractivity contribution in [1.82, 2.24) is 19.1 Å². The Hall–Kier alpha value is -2.38. The van der Waals surface area contributed by atoms with Crippen molar-refractivity contribution in [1.29, 1.82) is 0 Å². The Morgan fingerprint density at radius 2 is 1.79 bits per heavy atom. The van der Waals surface area contributed by atoms with Gasteiger partial charge in [0.1, 0.15) is 18.5 Å². The van der Waals surface area contributed by atoms with Gasteiger partial charge in [-0.25, -0.2) is 8.70 Å². The molecule has 0 saturated carbocycles. The van der Waals surface area contributed by atoms with E-state index in [9.17, 15) is 0 Å². The molecule has 0 radical (unpaired) electrons. The normalized spacial score (nSPS) is 26.5. The molecule has 0 spiro atoms. The fourth-order valence-electron chi connectivity index (χ4n) is 5.16. The van der Waals surface area contributed by atoms with Crippen molar-refractivity contribution in [3.05, 3.63) is 78.1 Å². The van der Waals surface area contributed by atoms with Crippen molar-refractivity contribution < 1.29 is 4.39 Å². The summed E-state index contributed by atoms with van der Waals surface area (Å²) >= 11 is 1.87. The molecule has 0 amide bonds. The van der Waals surface area contributed by atoms with Gasteiger partial charge in [0, 0.05) is 48.2 Å². The summed E-state index contributed by atoms with van der Waals surface area (Å²) in [5.41, 5.74) is 3.12. The summed E-state index contributed by atoms with van der Waals surface area (Å²) in [6.07, 6.45) is 6.90. The number of nitrogens with zero attached hydrogens (tertiary/aromatic N) is 5. The Kier molecular flexibility index (Phi) is 6.69. The van der Waals surface area contributed by atoms with E-state index in [1.54, 1.807) is 18.7 Å². The number of rotatable bonds is 5. The summed E-state index contributed by atoms with van der Waals surface area (Å²) in [5, 5.41) is 8.34. The van der Waals surface area contributed by atoms with E-state index >= 15 is 4.39 Å². The Morgan fingerprint density at radius 1 is 1.00 bits per heavy atom. The number of hydrogen-bond acceptors (Lipinski definition) is 5. The van der Waals surface area contributed by atoms with Gasteiger partial charge >= 0.3 is 0 Å². The van der Waals surface area contributed by atoms with E-state index < -0.39 is 0 Å². The lowest BCUT2D eigenvalue weighted by Crippen LogP contribution is -2.40. The van der Waals surface area contributed by atoms with Crippen LogP contribution in [-0.4, -0.2) is 38.2 Å². The van der Waals surface area contributed by atoms with Crippen molar-refractivity contribution in [2.75, 3.05) is 18.0 Å². The van der Waals surface area contributed by atoms with Crippen molar-refractivity contribution in [3.63, 3.8) is 0 Å². The topological polar surface area (TPSA) is 37.2 Å². The Labute approximate surface area is 200 Å². The summed E-state index contributed by atoms with van der Waals surface area (Å²) < 4.78 is 19.7. The van der Waals surface area contributed by atoms with E-state index in [-0.39, 0.29) is 5.82 Å². The summed E-state index contributed by atoms with van der Waals surface area (Å²) in [6, 6.07) is 17.3. The van der Waals surface area contributed by atoms with Gasteiger partial charge in [0.25, 0.3) is 0 Å². The molecule has 2 aromatic carbocycles. The fraction of sp³-hybridized carbons (Fsp3) is 0.462. The van der Waals surface area contributed by atoms with Gasteiger partial charge in [-0.15, -0.1) is 10.2 Å². The zero-order chi connectivity index (χ0) is 22.8. The number of benzene rings is 2. The molecule has 0 bridgehead atoms. The number of anilines is 1. The van der Waals surface area contributed by atoms with Gasteiger partial charge in [0.05, 0.1) is 0 Å². The van der Waals surface area contributed by atoms with Crippen LogP contribution in [0.25, 0.3) is 0 Å². The van der Waals surface area contributed by atoms with Crippen LogP contribution in [0.2, 0.25) is 0 Å². The van der Waals surface area contributed by atoms with Crippen molar-refractivity contribution in [2.45, 2.75) is 57.0 Å². The maximum absolute atomic E-state index is 15.2. The van der Waals surface area contributed by atoms with E-state index in [2.05, 4.69) is 74.2 Å². The lowest BCUT2D eigenvalue weighted by atomic mass is 9.93. The van der Waals surface area contributed by atoms with Crippen LogP contribution in [-0.2, 0) is 6.54 Å². The highest BCUT2D eigenvalue weighted by molar-refractivity contribution is 7.97. The molecule has 4 atom stereocenters. The summed E-state index contributed by atoms with van der Waals surface area (Å²) in [5.74, 6) is 0.341. The molecule has 5 nitrogen and oxygen atoms in total. The van der Waals surface area contributed by atoms with Gasteiger partial charge in [0.2, 0.25) is 0 Å². The average molecular weight is 466 g/mol. The minimum Gasteiger partial charge on any atom is -0.371 e. The quantitative estimate of drug-likeness (QED) is 0.440. The van der Waals surface area contributed by atoms with Crippen LogP contribution in [0.3, 0.4) is 0 Å². The number of piperidine rings is 1. The van der Waals surface area contributed by atoms with Crippen LogP contribution in [0, 0.1) is 11.7 Å². The van der Waals surface area contributed by atoms with Crippen LogP contribution in [0.1, 0.15) is 55.5 Å². The second-order valence-electron chi connectivity index (χ2n) is 9.47. The first-order chi connectivity index (χ1) is 16.1. The number of hydrogen-bond donors (Lipinski definition) is 0. The predicted octanol–water partition coefficient (Wildman–Crippen LogP) is 5.88. The molecule has 33 heavy (non-hydrogen) atoms. The number of halogens is 1. The largest absolute Gasteiger partial charge is 0.371 e. The van der Waals surface area contributed by atoms with E-state index in [1.807, 2.05) is 18.0 Å². The van der Waals surface area contributed by atoms with Gasteiger partial charge in [-0.05, 0) is 49.8 Å². The maximum Gasteiger partial charge on any atom is 0.129 e. The van der Waals surface area contributed by atoms with Crippen LogP contribution < -0.4 is 4.90 Å². The highest BCUT2D eigenvalue weighted by atomic mass is 32.2. The maximum atomic E-state index is 15.2. The van der Waals surface area contributed by atoms with Gasteiger partial charge < -0.3 is 9.47 Å². The molecule has 2 fully saturated rings. The Morgan fingerprint density at radius 3 is 2.52 bits per heavy atom. The third-order valence-electron chi connectivity index (χ3n) is 7.18. The first-order valence-corrected chi connectivity index (χ1v) is 12.8. The molecular weight excluding hydrogens is 433 g/mol. The molecule has 0 N–H and O–H groups in total. The highest BCUT2D eigenvalue weighted by Gasteiger charge is 2.30. The van der Waals surface area contributed by atoms with Crippen LogP contribution in [0.4, 0.5) is 10.1 Å². The average Bonchev–Trinajstić information content (AvgIpc) is 3.37. The van der Waals surface area contributed by atoms with Gasteiger partial charge in [0.15, 0.2) is 0 Å². The second kappa shape index (κ2) is 9.85. The summed E-state index contributed by atoms with van der Waals surface area (Å²) in [6.45, 7) is 6.94. The molecule has 0 unspecified atom stereocenters. The monoisotopic (exact) mass is 465 g/mol. The lowest BCUT2D eigenvalue weighted by Gasteiger charge is -2.39. The van der Waals surface area contributed by atoms with Crippen molar-refractivity contribution >= 4 is 17.6 Å². The molecule has 2 aliphatic rings. The van der Waals surface area contributed by atoms with Gasteiger partial charge in [-0.1, -0.05) is 55.3 Å². The minimum absolute atomic E-state index is 0.101. The molecule has 0 aliphatic carbocycles. The van der Waals surface area contributed by atoms with Crippen molar-refractivity contribution in [3.8, 4) is 0 Å². The third kappa shape index (κ3) is 4.94. The van der Waals surface area contributed by atoms with E-state index in [1.165, 1.54) is 5.56 Å². The predicted molar refractivity (Wildman–Crippen MR) is 132 cm³/mol. The lowest BCUT2D eigenvalue weighted by molar-refractivity contribution is 0.296. The minimum atomic E-state index is -0.101. The Bertz CT molecular complexity index is 1040. The highest BCUT2D eigenvalue weighted by Crippen LogP contribution is 2.43. The van der Waals surface area contributed by atoms with Gasteiger partial charge in [-0.3, -0.25) is 0 Å². The molecular formula is C26H32FN5S. The van der Waals surface area contributed by atoms with Crippen LogP contribution in [0.5, 0.6) is 0 Å². The van der Waals surface area contributed by atoms with Crippen LogP contribution >= 0.6 is 11.9 Å². The zero-order valence-corrected chi connectivity index (χ0v) is 20.2. The summed E-state index contributed by atoms with van der Waals surface area (Å²) in [4.78, 5) is 2.31. The first kappa shape index (κ1) is 22.4. The SMILES string of the molecule is C[C@H]1CN(c2ccc(CN3S[C@@H](c4ccccc4)CC[C@@H]3C)c(F)c2)CC[C@H]1n1cnnc1. The van der Waals surface area contributed by atoms with E-state index in [0.29, 0.717) is 29.8 Å². The molecule has 2 saturated heterocycles. The van der Waals surface area contributed by atoms with Gasteiger partial charge in [-0.2, -0.15) is 0 Å². The molecule has 1 aromatic heterocycles. The Balaban J connectivity index is 1.24. The second-order valence-corrected chi connectivity index (χ2v) is 10.7. The summed E-state index contributed by atoms with van der Waals surface area (Å²) in [7, 11) is 0. The van der Waals surface area contributed by atoms with Crippen molar-refractivity contribution in [2.24, 2.45) is 5.92 Å². The first-order valence-electron chi connectivity index (χ1n) is 11.9. The van der Waals surface area contributed by atoms with Crippen LogP contribution in [0.15, 0.2) is 61.2 Å². The zero-order valence-electron chi connectivity index (χ0n) is 19.3. The third-order valence-corrected chi connectivity index (χ3v) is 8.70. The molecule has 3 aromatic rings. The smallest absolute Gasteiger partial charge is 0.129 e.